The molecule has 2 aromatic carbocycles. The Morgan fingerprint density at radius 1 is 0.500 bits per heavy atom. The lowest BCUT2D eigenvalue weighted by Crippen LogP contribution is -2.67. The van der Waals surface area contributed by atoms with Crippen LogP contribution in [0.4, 0.5) is 5.69 Å². The van der Waals surface area contributed by atoms with Crippen LogP contribution in [0.25, 0.3) is 11.1 Å². The Labute approximate surface area is 632 Å². The highest BCUT2D eigenvalue weighted by Crippen LogP contribution is 2.53. The molecule has 7 aliphatic heterocycles. The number of anilines is 1. The van der Waals surface area contributed by atoms with Crippen LogP contribution in [0, 0.1) is 47.3 Å². The molecule has 1 aliphatic carbocycles. The molecule has 0 unspecified atom stereocenters. The number of amides is 11. The fourth-order valence-electron chi connectivity index (χ4n) is 17.8. The van der Waals surface area contributed by atoms with Crippen molar-refractivity contribution in [1.82, 2.24) is 61.5 Å². The topological polar surface area (TPSA) is 410 Å². The van der Waals surface area contributed by atoms with Gasteiger partial charge in [-0.05, 0) is 128 Å². The number of likely N-dealkylation sites (N-methyl/N-ethyl adjacent to an activating group) is 2. The number of β-amino-alcohol motifs (C(OH)–C–C–N with tert-alkyl or cyclic N) is 1. The zero-order valence-electron chi connectivity index (χ0n) is 65.4. The summed E-state index contributed by atoms with van der Waals surface area (Å²) < 4.78 is 0. The predicted octanol–water partition coefficient (Wildman–Crippen LogP) is 0.859. The Bertz CT molecular complexity index is 3600. The monoisotopic (exact) mass is 1510 g/mol. The minimum Gasteiger partial charge on any atom is -0.393 e. The first-order valence-electron chi connectivity index (χ1n) is 38.7. The van der Waals surface area contributed by atoms with E-state index in [1.807, 2.05) is 34.6 Å². The summed E-state index contributed by atoms with van der Waals surface area (Å²) in [7, 11) is 2.87. The number of rotatable bonds is 11. The van der Waals surface area contributed by atoms with Crippen molar-refractivity contribution in [3.63, 3.8) is 0 Å². The molecule has 10 rings (SSSR count). The average Bonchev–Trinajstić information content (AvgIpc) is 1.55. The Morgan fingerprint density at radius 3 is 1.56 bits per heavy atom. The zero-order chi connectivity index (χ0) is 79.7. The van der Waals surface area contributed by atoms with Crippen molar-refractivity contribution in [2.24, 2.45) is 47.3 Å². The van der Waals surface area contributed by atoms with E-state index in [0.29, 0.717) is 34.4 Å². The number of carbonyl (C=O) groups is 12. The number of aliphatic hydroxyl groups is 5. The van der Waals surface area contributed by atoms with Gasteiger partial charge in [-0.15, -0.1) is 0 Å². The van der Waals surface area contributed by atoms with E-state index in [-0.39, 0.29) is 68.5 Å². The van der Waals surface area contributed by atoms with Crippen molar-refractivity contribution < 1.29 is 83.1 Å². The molecule has 20 atom stereocenters. The van der Waals surface area contributed by atoms with E-state index in [2.05, 4.69) is 37.3 Å². The van der Waals surface area contributed by atoms with Crippen LogP contribution in [0.5, 0.6) is 0 Å². The van der Waals surface area contributed by atoms with Gasteiger partial charge in [-0.3, -0.25) is 62.5 Å². The van der Waals surface area contributed by atoms with Crippen LogP contribution in [-0.2, 0) is 75.2 Å². The average molecular weight is 1510 g/mol. The number of benzene rings is 2. The molecule has 0 radical (unpaired) electrons. The van der Waals surface area contributed by atoms with Crippen molar-refractivity contribution in [3.8, 4) is 11.1 Å². The van der Waals surface area contributed by atoms with Crippen LogP contribution in [0.2, 0.25) is 0 Å². The van der Waals surface area contributed by atoms with Gasteiger partial charge in [-0.1, -0.05) is 108 Å². The molecule has 30 heteroatoms. The van der Waals surface area contributed by atoms with Crippen LogP contribution < -0.4 is 37.3 Å². The third kappa shape index (κ3) is 15.7. The third-order valence-electron chi connectivity index (χ3n) is 23.7. The number of hydrogen-bond donors (Lipinski definition) is 12. The van der Waals surface area contributed by atoms with Crippen LogP contribution in [0.1, 0.15) is 172 Å². The van der Waals surface area contributed by atoms with Crippen molar-refractivity contribution in [3.05, 3.63) is 53.1 Å². The molecule has 30 nitrogen and oxygen atoms in total. The first kappa shape index (κ1) is 82.3. The second-order valence-corrected chi connectivity index (χ2v) is 34.2. The standard InChI is InChI=1S/C78H115N13O17/c1-35(2)24-52-58(95)31-48(42(14)92)70(101)89-56(68(99)83-61(38(7)8)72(103)87(17)64(40(11)12)75(106)91-55(67(98)80-52)30-47(94)34-79-91)32-77(107)49-27-44(18-19-46(49)29-59(77)89)45-20-21-51-50(28-45)78(108)33-57-69(100)84-60(37(5)6)71(102)86(16)63(39(9)10)74(105)88-23-22-41(13)26-54(88)66(97)81-53(25-36(3)4)65(96)85-62(43(15)93)73(104)90(57)76(78)82-51/h18-21,27-28,35-43,47-48,52-57,59-64,76,79,82,92-94,107-108H,22-26,29-34H2,1-17H3,(H,80,98)(H,81,97)(H,83,99)(H,84,100)(H,85,96)/t41-,42-,43-,47+,48+,52-,53-,54+,55+,56-,57-,59+,60+,61+,62+,63-,64-,76-,77+,78+/m0/s1. The van der Waals surface area contributed by atoms with E-state index in [0.717, 1.165) is 9.91 Å². The molecule has 108 heavy (non-hydrogen) atoms. The Morgan fingerprint density at radius 2 is 1.01 bits per heavy atom. The fraction of sp³-hybridized carbons (Fsp3) is 0.692. The molecule has 12 N–H and O–H groups in total. The third-order valence-corrected chi connectivity index (χ3v) is 23.7. The first-order valence-corrected chi connectivity index (χ1v) is 38.7. The highest BCUT2D eigenvalue weighted by Gasteiger charge is 2.64. The number of piperidine rings is 1. The van der Waals surface area contributed by atoms with Crippen molar-refractivity contribution in [2.75, 3.05) is 32.5 Å². The normalized spacial score (nSPS) is 33.7. The number of hydrogen-bond acceptors (Lipinski definition) is 19. The summed E-state index contributed by atoms with van der Waals surface area (Å²) in [6.07, 6.45) is -6.69. The summed E-state index contributed by atoms with van der Waals surface area (Å²) in [4.78, 5) is 187. The van der Waals surface area contributed by atoms with Gasteiger partial charge in [0.05, 0.1) is 36.3 Å². The van der Waals surface area contributed by atoms with E-state index < -0.39 is 228 Å². The first-order chi connectivity index (χ1) is 50.5. The maximum atomic E-state index is 15.7. The maximum Gasteiger partial charge on any atom is 0.260 e. The SMILES string of the molecule is CC(C)C[C@@H]1NC(=O)[C@H]2C[C@@H](O)CNN2C(=O)[C@H](C(C)C)N(C)C(=O)[C@@H](C(C)C)NC(=O)[C@@H]2C[C@@]3(O)c4cc(-c5ccc6c(c5)[C@]5(O)C[C@H]7C(=O)N[C@H](C(C)C)C(=O)N(C)[C@@H](C(C)C)C(=O)N8CC[C@H](C)C[C@@H]8C(=O)N[C@@H](CC(C)C)C(=O)N[C@H]([C@H](C)O)C(=O)N7[C@@H]5N6)ccc4C[C@H]3N2C(=O)[C@@H]([C@H](C)O)CC1=O. The molecule has 0 saturated carbocycles. The number of Topliss-reactive ketones (excluding diaryl/α,β-unsaturated/α-hetero) is 1. The second kappa shape index (κ2) is 32.0. The van der Waals surface area contributed by atoms with Crippen molar-refractivity contribution in [2.45, 2.75) is 270 Å². The molecule has 0 spiro atoms. The minimum absolute atomic E-state index is 0.00145. The van der Waals surface area contributed by atoms with E-state index in [4.69, 9.17) is 0 Å². The number of hydrazine groups is 1. The van der Waals surface area contributed by atoms with Gasteiger partial charge in [0.2, 0.25) is 59.1 Å². The molecule has 594 valence electrons. The summed E-state index contributed by atoms with van der Waals surface area (Å²) in [5.74, 6) is -13.3. The van der Waals surface area contributed by atoms with Gasteiger partial charge in [0.1, 0.15) is 77.8 Å². The summed E-state index contributed by atoms with van der Waals surface area (Å²) in [5.41, 5.74) is 0.943. The Balaban J connectivity index is 1.02. The molecule has 7 heterocycles. The number of carbonyl (C=O) groups excluding carboxylic acids is 12. The van der Waals surface area contributed by atoms with Gasteiger partial charge < -0.3 is 81.9 Å². The summed E-state index contributed by atoms with van der Waals surface area (Å²) in [6.45, 7) is 25.7. The van der Waals surface area contributed by atoms with Crippen molar-refractivity contribution in [1.29, 1.82) is 0 Å². The number of ketones is 1. The number of aliphatic hydroxyl groups excluding tert-OH is 3. The highest BCUT2D eigenvalue weighted by atomic mass is 16.3. The smallest absolute Gasteiger partial charge is 0.260 e. The molecule has 8 aliphatic rings. The zero-order valence-corrected chi connectivity index (χ0v) is 65.4. The quantitative estimate of drug-likeness (QED) is 0.148. The fourth-order valence-corrected chi connectivity index (χ4v) is 17.8. The molecule has 0 bridgehead atoms. The molecule has 11 amide bonds. The lowest BCUT2D eigenvalue weighted by atomic mass is 9.86. The summed E-state index contributed by atoms with van der Waals surface area (Å²) >= 11 is 0. The van der Waals surface area contributed by atoms with Crippen LogP contribution in [-0.4, -0.2) is 250 Å². The number of nitrogens with zero attached hydrogens (tertiary/aromatic N) is 6. The molecule has 6 fully saturated rings. The molecule has 0 aromatic heterocycles. The number of nitrogens with one attached hydrogen (secondary N) is 7. The summed E-state index contributed by atoms with van der Waals surface area (Å²) in [6, 6.07) is -5.97. The summed E-state index contributed by atoms with van der Waals surface area (Å²) in [5, 5.41) is 79.7. The van der Waals surface area contributed by atoms with Gasteiger partial charge >= 0.3 is 0 Å². The van der Waals surface area contributed by atoms with E-state index >= 15 is 33.6 Å². The predicted molar refractivity (Wildman–Crippen MR) is 396 cm³/mol. The lowest BCUT2D eigenvalue weighted by Gasteiger charge is -2.43. The Hall–Kier alpha value is -8.16. The highest BCUT2D eigenvalue weighted by molar-refractivity contribution is 6.02. The lowest BCUT2D eigenvalue weighted by molar-refractivity contribution is -0.159. The van der Waals surface area contributed by atoms with Crippen molar-refractivity contribution >= 4 is 76.4 Å². The van der Waals surface area contributed by atoms with Gasteiger partial charge in [0, 0.05) is 64.1 Å². The van der Waals surface area contributed by atoms with Gasteiger partial charge in [-0.25, -0.2) is 5.43 Å². The molecular weight excluding hydrogens is 1390 g/mol. The molecule has 6 saturated heterocycles. The maximum absolute atomic E-state index is 15.7. The largest absolute Gasteiger partial charge is 0.393 e. The van der Waals surface area contributed by atoms with E-state index in [1.54, 1.807) is 91.8 Å². The second-order valence-electron chi connectivity index (χ2n) is 34.2. The Kier molecular flexibility index (Phi) is 24.4. The molecular formula is C78H115N13O17. The van der Waals surface area contributed by atoms with Crippen LogP contribution >= 0.6 is 0 Å². The van der Waals surface area contributed by atoms with Gasteiger partial charge in [0.25, 0.3) is 5.91 Å². The van der Waals surface area contributed by atoms with E-state index in [1.165, 1.54) is 47.5 Å². The van der Waals surface area contributed by atoms with Gasteiger partial charge in [-0.2, -0.15) is 0 Å². The minimum atomic E-state index is -2.15. The molecule has 2 aromatic rings. The van der Waals surface area contributed by atoms with Crippen LogP contribution in [0.3, 0.4) is 0 Å². The van der Waals surface area contributed by atoms with Gasteiger partial charge in [0.15, 0.2) is 5.78 Å². The van der Waals surface area contributed by atoms with E-state index in [9.17, 15) is 49.5 Å². The number of fused-ring (bicyclic) bond motifs is 12. The van der Waals surface area contributed by atoms with Crippen LogP contribution in [0.15, 0.2) is 36.4 Å².